The number of carbonyl (C=O) groups excluding carboxylic acids is 2. The zero-order valence-electron chi connectivity index (χ0n) is 18.2. The van der Waals surface area contributed by atoms with E-state index >= 15 is 0 Å². The Morgan fingerprint density at radius 3 is 2.43 bits per heavy atom. The molecular weight excluding hydrogens is 394 g/mol. The Morgan fingerprint density at radius 2 is 1.77 bits per heavy atom. The molecule has 2 aromatic rings. The SMILES string of the molecule is Cc1ccc(N=C2S[C@H](CC(=O)Nc3cc(C)ccc3C)C(=O)N2CC(C)C)cc1. The van der Waals surface area contributed by atoms with Gasteiger partial charge in [0.1, 0.15) is 5.25 Å². The summed E-state index contributed by atoms with van der Waals surface area (Å²) in [7, 11) is 0. The number of carbonyl (C=O) groups is 2. The van der Waals surface area contributed by atoms with Crippen molar-refractivity contribution in [2.24, 2.45) is 10.9 Å². The van der Waals surface area contributed by atoms with Gasteiger partial charge < -0.3 is 5.32 Å². The maximum atomic E-state index is 13.0. The van der Waals surface area contributed by atoms with Gasteiger partial charge in [-0.15, -0.1) is 0 Å². The predicted octanol–water partition coefficient (Wildman–Crippen LogP) is 5.23. The summed E-state index contributed by atoms with van der Waals surface area (Å²) in [4.78, 5) is 32.2. The monoisotopic (exact) mass is 423 g/mol. The van der Waals surface area contributed by atoms with E-state index in [1.807, 2.05) is 63.2 Å². The largest absolute Gasteiger partial charge is 0.326 e. The first kappa shape index (κ1) is 22.1. The van der Waals surface area contributed by atoms with Crippen LogP contribution in [0.25, 0.3) is 0 Å². The fraction of sp³-hybridized carbons (Fsp3) is 0.375. The summed E-state index contributed by atoms with van der Waals surface area (Å²) in [5.41, 5.74) is 4.85. The molecule has 0 aromatic heterocycles. The number of aryl methyl sites for hydroxylation is 3. The van der Waals surface area contributed by atoms with E-state index in [0.717, 1.165) is 28.1 Å². The second-order valence-electron chi connectivity index (χ2n) is 8.25. The van der Waals surface area contributed by atoms with Crippen LogP contribution < -0.4 is 5.32 Å². The van der Waals surface area contributed by atoms with Crippen molar-refractivity contribution < 1.29 is 9.59 Å². The van der Waals surface area contributed by atoms with Crippen LogP contribution in [0.5, 0.6) is 0 Å². The molecule has 1 heterocycles. The van der Waals surface area contributed by atoms with Crippen LogP contribution in [0, 0.1) is 26.7 Å². The van der Waals surface area contributed by atoms with E-state index in [4.69, 9.17) is 4.99 Å². The Hall–Kier alpha value is -2.60. The first-order valence-electron chi connectivity index (χ1n) is 10.2. The Labute approximate surface area is 183 Å². The lowest BCUT2D eigenvalue weighted by Crippen LogP contribution is -2.36. The molecule has 0 spiro atoms. The van der Waals surface area contributed by atoms with Crippen molar-refractivity contribution in [3.63, 3.8) is 0 Å². The third-order valence-electron chi connectivity index (χ3n) is 4.86. The van der Waals surface area contributed by atoms with Gasteiger partial charge in [-0.05, 0) is 56.0 Å². The number of hydrogen-bond acceptors (Lipinski definition) is 4. The third kappa shape index (κ3) is 5.51. The molecule has 6 heteroatoms. The zero-order valence-corrected chi connectivity index (χ0v) is 19.0. The van der Waals surface area contributed by atoms with Gasteiger partial charge in [-0.25, -0.2) is 4.99 Å². The standard InChI is InChI=1S/C24H29N3O2S/c1-15(2)14-27-23(29)21(30-24(27)25-19-10-7-16(3)8-11-19)13-22(28)26-20-12-17(4)6-9-18(20)5/h6-12,15,21H,13-14H2,1-5H3,(H,26,28)/t21-/m1/s1. The highest BCUT2D eigenvalue weighted by molar-refractivity contribution is 8.15. The molecule has 158 valence electrons. The third-order valence-corrected chi connectivity index (χ3v) is 6.04. The molecule has 1 N–H and O–H groups in total. The van der Waals surface area contributed by atoms with Gasteiger partial charge in [-0.2, -0.15) is 0 Å². The molecule has 1 aliphatic rings. The highest BCUT2D eigenvalue weighted by atomic mass is 32.2. The molecule has 0 saturated carbocycles. The number of aliphatic imine (C=N–C) groups is 1. The number of amides is 2. The Kier molecular flexibility index (Phi) is 6.98. The highest BCUT2D eigenvalue weighted by Gasteiger charge is 2.39. The minimum absolute atomic E-state index is 0.0457. The average molecular weight is 424 g/mol. The van der Waals surface area contributed by atoms with Crippen molar-refractivity contribution in [2.45, 2.75) is 46.3 Å². The highest BCUT2D eigenvalue weighted by Crippen LogP contribution is 2.32. The minimum atomic E-state index is -0.460. The molecule has 1 fully saturated rings. The molecule has 1 atom stereocenters. The van der Waals surface area contributed by atoms with Crippen LogP contribution in [0.4, 0.5) is 11.4 Å². The second kappa shape index (κ2) is 9.47. The molecule has 0 aliphatic carbocycles. The number of nitrogens with one attached hydrogen (secondary N) is 1. The fourth-order valence-electron chi connectivity index (χ4n) is 3.23. The second-order valence-corrected chi connectivity index (χ2v) is 9.42. The molecule has 1 saturated heterocycles. The normalized spacial score (nSPS) is 17.8. The molecule has 5 nitrogen and oxygen atoms in total. The quantitative estimate of drug-likeness (QED) is 0.692. The number of benzene rings is 2. The zero-order chi connectivity index (χ0) is 21.8. The average Bonchev–Trinajstić information content (AvgIpc) is 2.95. The summed E-state index contributed by atoms with van der Waals surface area (Å²) in [5.74, 6) is 0.103. The number of anilines is 1. The number of amidine groups is 1. The van der Waals surface area contributed by atoms with Crippen molar-refractivity contribution in [3.05, 3.63) is 59.2 Å². The molecule has 0 bridgehead atoms. The van der Waals surface area contributed by atoms with E-state index in [9.17, 15) is 9.59 Å². The van der Waals surface area contributed by atoms with E-state index in [2.05, 4.69) is 19.2 Å². The van der Waals surface area contributed by atoms with Crippen LogP contribution in [0.2, 0.25) is 0 Å². The van der Waals surface area contributed by atoms with Crippen molar-refractivity contribution in [2.75, 3.05) is 11.9 Å². The van der Waals surface area contributed by atoms with Gasteiger partial charge in [-0.1, -0.05) is 55.4 Å². The molecular formula is C24H29N3O2S. The van der Waals surface area contributed by atoms with E-state index in [1.54, 1.807) is 4.90 Å². The van der Waals surface area contributed by atoms with Gasteiger partial charge in [0, 0.05) is 18.7 Å². The van der Waals surface area contributed by atoms with Gasteiger partial charge in [-0.3, -0.25) is 14.5 Å². The molecule has 0 unspecified atom stereocenters. The Bertz CT molecular complexity index is 967. The maximum Gasteiger partial charge on any atom is 0.242 e. The Morgan fingerprint density at radius 1 is 1.10 bits per heavy atom. The van der Waals surface area contributed by atoms with Gasteiger partial charge in [0.2, 0.25) is 11.8 Å². The summed E-state index contributed by atoms with van der Waals surface area (Å²) in [5, 5.41) is 3.17. The fourth-order valence-corrected chi connectivity index (χ4v) is 4.40. The predicted molar refractivity (Wildman–Crippen MR) is 125 cm³/mol. The molecule has 1 aliphatic heterocycles. The summed E-state index contributed by atoms with van der Waals surface area (Å²) in [6.07, 6.45) is 0.123. The lowest BCUT2D eigenvalue weighted by atomic mass is 10.1. The maximum absolute atomic E-state index is 13.0. The van der Waals surface area contributed by atoms with Crippen molar-refractivity contribution in [3.8, 4) is 0 Å². The van der Waals surface area contributed by atoms with Gasteiger partial charge in [0.05, 0.1) is 5.69 Å². The lowest BCUT2D eigenvalue weighted by Gasteiger charge is -2.18. The summed E-state index contributed by atoms with van der Waals surface area (Å²) in [6, 6.07) is 13.8. The minimum Gasteiger partial charge on any atom is -0.326 e. The van der Waals surface area contributed by atoms with E-state index in [1.165, 1.54) is 11.8 Å². The van der Waals surface area contributed by atoms with Crippen LogP contribution in [-0.4, -0.2) is 33.7 Å². The molecule has 3 rings (SSSR count). The molecule has 2 amide bonds. The number of nitrogens with zero attached hydrogens (tertiary/aromatic N) is 2. The summed E-state index contributed by atoms with van der Waals surface area (Å²) in [6.45, 7) is 10.7. The van der Waals surface area contributed by atoms with Crippen LogP contribution in [-0.2, 0) is 9.59 Å². The first-order chi connectivity index (χ1) is 14.2. The van der Waals surface area contributed by atoms with Gasteiger partial charge in [0.15, 0.2) is 5.17 Å². The van der Waals surface area contributed by atoms with Crippen LogP contribution in [0.1, 0.15) is 37.0 Å². The van der Waals surface area contributed by atoms with Crippen LogP contribution in [0.15, 0.2) is 47.5 Å². The molecule has 2 aromatic carbocycles. The number of hydrogen-bond donors (Lipinski definition) is 1. The topological polar surface area (TPSA) is 61.8 Å². The molecule has 0 radical (unpaired) electrons. The van der Waals surface area contributed by atoms with Crippen molar-refractivity contribution in [1.29, 1.82) is 0 Å². The smallest absolute Gasteiger partial charge is 0.242 e. The van der Waals surface area contributed by atoms with Crippen molar-refractivity contribution in [1.82, 2.24) is 4.90 Å². The van der Waals surface area contributed by atoms with E-state index < -0.39 is 5.25 Å². The number of thioether (sulfide) groups is 1. The van der Waals surface area contributed by atoms with Crippen LogP contribution in [0.3, 0.4) is 0 Å². The lowest BCUT2D eigenvalue weighted by molar-refractivity contribution is -0.128. The van der Waals surface area contributed by atoms with E-state index in [-0.39, 0.29) is 18.2 Å². The van der Waals surface area contributed by atoms with Crippen LogP contribution >= 0.6 is 11.8 Å². The summed E-state index contributed by atoms with van der Waals surface area (Å²) >= 11 is 1.38. The van der Waals surface area contributed by atoms with E-state index in [0.29, 0.717) is 17.6 Å². The van der Waals surface area contributed by atoms with Gasteiger partial charge >= 0.3 is 0 Å². The summed E-state index contributed by atoms with van der Waals surface area (Å²) < 4.78 is 0. The number of rotatable bonds is 6. The van der Waals surface area contributed by atoms with Crippen molar-refractivity contribution >= 4 is 40.1 Å². The van der Waals surface area contributed by atoms with Gasteiger partial charge in [0.25, 0.3) is 0 Å². The first-order valence-corrected chi connectivity index (χ1v) is 11.1. The molecule has 30 heavy (non-hydrogen) atoms. The Balaban J connectivity index is 1.76.